The molecule has 0 spiro atoms. The van der Waals surface area contributed by atoms with Crippen LogP contribution in [0.1, 0.15) is 0 Å². The van der Waals surface area contributed by atoms with Gasteiger partial charge in [-0.25, -0.2) is 4.79 Å². The molecule has 1 aromatic heterocycles. The van der Waals surface area contributed by atoms with Gasteiger partial charge in [-0.1, -0.05) is 5.43 Å². The van der Waals surface area contributed by atoms with Crippen LogP contribution in [0, 0.1) is 0 Å². The Labute approximate surface area is 51.4 Å². The molecular weight excluding hydrogens is 120 g/mol. The molecule has 0 fully saturated rings. The monoisotopic (exact) mass is 127 g/mol. The van der Waals surface area contributed by atoms with Gasteiger partial charge in [0.25, 0.3) is 0 Å². The summed E-state index contributed by atoms with van der Waals surface area (Å²) in [6, 6.07) is 1.14. The highest BCUT2D eigenvalue weighted by molar-refractivity contribution is 5.77. The van der Waals surface area contributed by atoms with Crippen LogP contribution in [0.3, 0.4) is 0 Å². The maximum atomic E-state index is 10.1. The molecule has 0 aliphatic carbocycles. The van der Waals surface area contributed by atoms with E-state index >= 15 is 0 Å². The molecule has 0 radical (unpaired) electrons. The molecule has 0 saturated carbocycles. The van der Waals surface area contributed by atoms with Crippen LogP contribution in [0.25, 0.3) is 0 Å². The Kier molecular flexibility index (Phi) is 1.35. The molecule has 0 aliphatic heterocycles. The highest BCUT2D eigenvalue weighted by Gasteiger charge is 1.99. The van der Waals surface area contributed by atoms with Crippen LogP contribution in [0.5, 0.6) is 0 Å². The number of amides is 2. The number of carbonyl (C=O) groups is 1. The van der Waals surface area contributed by atoms with Gasteiger partial charge in [0.2, 0.25) is 6.20 Å². The molecule has 1 aromatic rings. The van der Waals surface area contributed by atoms with Gasteiger partial charge in [-0.15, -0.1) is 5.10 Å². The maximum absolute atomic E-state index is 10.1. The zero-order valence-corrected chi connectivity index (χ0v) is 4.66. The Balaban J connectivity index is 2.58. The van der Waals surface area contributed by atoms with Gasteiger partial charge in [-0.3, -0.25) is 0 Å². The molecular formula is C4H7N4O+. The summed E-state index contributed by atoms with van der Waals surface area (Å²) >= 11 is 0. The minimum absolute atomic E-state index is 0.595. The van der Waals surface area contributed by atoms with Gasteiger partial charge in [0.05, 0.1) is 6.20 Å². The predicted octanol–water partition coefficient (Wildman–Crippen LogP) is -1.08. The van der Waals surface area contributed by atoms with Gasteiger partial charge < -0.3 is 5.73 Å². The van der Waals surface area contributed by atoms with Gasteiger partial charge in [0, 0.05) is 10.9 Å². The molecule has 0 atom stereocenters. The zero-order valence-electron chi connectivity index (χ0n) is 4.66. The second kappa shape index (κ2) is 2.17. The number of hydrogen-bond donors (Lipinski definition) is 3. The van der Waals surface area contributed by atoms with Crippen LogP contribution in [0.15, 0.2) is 18.5 Å². The summed E-state index contributed by atoms with van der Waals surface area (Å²) < 4.78 is 0. The lowest BCUT2D eigenvalue weighted by Gasteiger charge is -1.85. The highest BCUT2D eigenvalue weighted by atomic mass is 16.2. The van der Waals surface area contributed by atoms with Crippen molar-refractivity contribution < 1.29 is 9.59 Å². The quantitative estimate of drug-likeness (QED) is 0.412. The van der Waals surface area contributed by atoms with Gasteiger partial charge >= 0.3 is 6.03 Å². The average Bonchev–Trinajstić information content (AvgIpc) is 2.15. The molecule has 2 amide bonds. The molecule has 5 nitrogen and oxygen atoms in total. The molecule has 0 unspecified atom stereocenters. The first-order valence-electron chi connectivity index (χ1n) is 2.40. The number of nitrogens with zero attached hydrogens (tertiary/aromatic N) is 1. The van der Waals surface area contributed by atoms with E-state index in [2.05, 4.69) is 10.5 Å². The smallest absolute Gasteiger partial charge is 0.347 e. The van der Waals surface area contributed by atoms with Gasteiger partial charge in [-0.2, -0.15) is 0 Å². The van der Waals surface area contributed by atoms with Crippen LogP contribution >= 0.6 is 0 Å². The van der Waals surface area contributed by atoms with Crippen molar-refractivity contribution in [3.63, 3.8) is 0 Å². The number of aromatic amines is 1. The van der Waals surface area contributed by atoms with Crippen molar-refractivity contribution in [2.24, 2.45) is 5.73 Å². The molecule has 5 heteroatoms. The Morgan fingerprint density at radius 2 is 2.56 bits per heavy atom. The van der Waals surface area contributed by atoms with Crippen molar-refractivity contribution in [1.82, 2.24) is 5.10 Å². The Bertz CT molecular complexity index is 192. The van der Waals surface area contributed by atoms with E-state index in [0.29, 0.717) is 0 Å². The average molecular weight is 127 g/mol. The molecule has 1 heterocycles. The SMILES string of the molecule is NC(=O)N[n+]1ccc[nH]1. The van der Waals surface area contributed by atoms with Crippen LogP contribution in [0.2, 0.25) is 0 Å². The lowest BCUT2D eigenvalue weighted by molar-refractivity contribution is -0.698. The van der Waals surface area contributed by atoms with Crippen molar-refractivity contribution >= 4 is 6.03 Å². The summed E-state index contributed by atoms with van der Waals surface area (Å²) in [6.45, 7) is 0. The van der Waals surface area contributed by atoms with Gasteiger partial charge in [0.1, 0.15) is 0 Å². The lowest BCUT2D eigenvalue weighted by atomic mass is 10.8. The first kappa shape index (κ1) is 5.61. The van der Waals surface area contributed by atoms with E-state index < -0.39 is 6.03 Å². The number of primary amides is 1. The Hall–Kier alpha value is -1.52. The highest BCUT2D eigenvalue weighted by Crippen LogP contribution is 1.64. The summed E-state index contributed by atoms with van der Waals surface area (Å²) in [7, 11) is 0. The Morgan fingerprint density at radius 1 is 1.78 bits per heavy atom. The first-order valence-corrected chi connectivity index (χ1v) is 2.40. The van der Waals surface area contributed by atoms with E-state index in [-0.39, 0.29) is 0 Å². The summed E-state index contributed by atoms with van der Waals surface area (Å²) in [5.41, 5.74) is 7.08. The number of aromatic nitrogens is 2. The fourth-order valence-corrected chi connectivity index (χ4v) is 0.484. The lowest BCUT2D eigenvalue weighted by Crippen LogP contribution is -2.51. The number of rotatable bonds is 1. The Morgan fingerprint density at radius 3 is 3.00 bits per heavy atom. The summed E-state index contributed by atoms with van der Waals surface area (Å²) in [5, 5.41) is 2.67. The standard InChI is InChI=1S/C4H6N4O/c5-4(9)7-8-3-1-2-6-8/h1-3H,(H3,5,7,9)/p+1. The normalized spacial score (nSPS) is 8.89. The van der Waals surface area contributed by atoms with Crippen LogP contribution in [-0.2, 0) is 0 Å². The van der Waals surface area contributed by atoms with Crippen molar-refractivity contribution in [2.75, 3.05) is 5.43 Å². The minimum Gasteiger partial charge on any atom is -0.347 e. The van der Waals surface area contributed by atoms with E-state index in [1.54, 1.807) is 18.5 Å². The summed E-state index contributed by atoms with van der Waals surface area (Å²) in [6.07, 6.45) is 3.29. The third-order valence-corrected chi connectivity index (χ3v) is 0.776. The number of H-pyrrole nitrogens is 1. The zero-order chi connectivity index (χ0) is 6.69. The molecule has 1 rings (SSSR count). The van der Waals surface area contributed by atoms with Crippen molar-refractivity contribution in [1.29, 1.82) is 0 Å². The fraction of sp³-hybridized carbons (Fsp3) is 0. The number of hydrogen-bond acceptors (Lipinski definition) is 1. The minimum atomic E-state index is -0.595. The third-order valence-electron chi connectivity index (χ3n) is 0.776. The van der Waals surface area contributed by atoms with Crippen LogP contribution < -0.4 is 16.0 Å². The second-order valence-electron chi connectivity index (χ2n) is 1.48. The molecule has 0 aromatic carbocycles. The molecule has 0 saturated heterocycles. The maximum Gasteiger partial charge on any atom is 0.367 e. The number of urea groups is 1. The number of nitrogens with two attached hydrogens (primary N) is 1. The van der Waals surface area contributed by atoms with E-state index in [4.69, 9.17) is 5.73 Å². The van der Waals surface area contributed by atoms with Crippen molar-refractivity contribution in [3.8, 4) is 0 Å². The van der Waals surface area contributed by atoms with Crippen molar-refractivity contribution in [2.45, 2.75) is 0 Å². The second-order valence-corrected chi connectivity index (χ2v) is 1.48. The third kappa shape index (κ3) is 1.45. The van der Waals surface area contributed by atoms with Crippen molar-refractivity contribution in [3.05, 3.63) is 18.5 Å². The van der Waals surface area contributed by atoms with Gasteiger partial charge in [-0.05, 0) is 0 Å². The van der Waals surface area contributed by atoms with E-state index in [0.717, 1.165) is 0 Å². The van der Waals surface area contributed by atoms with E-state index in [9.17, 15) is 4.79 Å². The number of carbonyl (C=O) groups excluding carboxylic acids is 1. The molecule has 48 valence electrons. The topological polar surface area (TPSA) is 74.8 Å². The van der Waals surface area contributed by atoms with Crippen LogP contribution in [-0.4, -0.2) is 11.1 Å². The predicted molar refractivity (Wildman–Crippen MR) is 29.9 cm³/mol. The van der Waals surface area contributed by atoms with Crippen LogP contribution in [0.4, 0.5) is 4.79 Å². The van der Waals surface area contributed by atoms with E-state index in [1.165, 1.54) is 4.79 Å². The summed E-state index contributed by atoms with van der Waals surface area (Å²) in [5.74, 6) is 0. The molecule has 4 N–H and O–H groups in total. The van der Waals surface area contributed by atoms with Gasteiger partial charge in [0.15, 0.2) is 0 Å². The molecule has 9 heavy (non-hydrogen) atoms. The number of nitrogens with one attached hydrogen (secondary N) is 2. The van der Waals surface area contributed by atoms with E-state index in [1.807, 2.05) is 0 Å². The first-order chi connectivity index (χ1) is 4.29. The fourth-order valence-electron chi connectivity index (χ4n) is 0.484. The largest absolute Gasteiger partial charge is 0.367 e. The summed E-state index contributed by atoms with van der Waals surface area (Å²) in [4.78, 5) is 11.5. The molecule has 0 bridgehead atoms. The molecule has 0 aliphatic rings.